The maximum atomic E-state index is 12.3. The molecule has 5 N–H and O–H groups in total. The van der Waals surface area contributed by atoms with Crippen LogP contribution in [-0.4, -0.2) is 87.5 Å². The van der Waals surface area contributed by atoms with E-state index in [0.717, 1.165) is 5.56 Å². The van der Waals surface area contributed by atoms with Crippen LogP contribution in [0.4, 0.5) is 0 Å². The summed E-state index contributed by atoms with van der Waals surface area (Å²) in [4.78, 5) is 23.9. The van der Waals surface area contributed by atoms with Crippen LogP contribution in [0, 0.1) is 11.8 Å². The van der Waals surface area contributed by atoms with Crippen LogP contribution in [0.5, 0.6) is 0 Å². The molecule has 3 rings (SSSR count). The van der Waals surface area contributed by atoms with E-state index in [1.54, 1.807) is 0 Å². The van der Waals surface area contributed by atoms with Crippen molar-refractivity contribution in [1.82, 2.24) is 0 Å². The molecule has 1 aromatic carbocycles. The first-order valence-corrected chi connectivity index (χ1v) is 12.3. The van der Waals surface area contributed by atoms with E-state index in [-0.39, 0.29) is 24.8 Å². The number of methoxy groups -OCH3 is 1. The molecule has 1 saturated heterocycles. The van der Waals surface area contributed by atoms with Crippen molar-refractivity contribution in [2.24, 2.45) is 11.8 Å². The Morgan fingerprint density at radius 3 is 2.54 bits per heavy atom. The number of benzene rings is 1. The van der Waals surface area contributed by atoms with Gasteiger partial charge in [-0.1, -0.05) is 42.5 Å². The zero-order chi connectivity index (χ0) is 27.2. The van der Waals surface area contributed by atoms with Crippen LogP contribution in [0.15, 0.2) is 54.6 Å². The molecule has 0 aromatic heterocycles. The van der Waals surface area contributed by atoms with Gasteiger partial charge >= 0.3 is 11.9 Å². The lowest BCUT2D eigenvalue weighted by atomic mass is 9.74. The topological polar surface area (TPSA) is 163 Å². The third-order valence-corrected chi connectivity index (χ3v) is 7.24. The maximum Gasteiger partial charge on any atom is 0.333 e. The fourth-order valence-electron chi connectivity index (χ4n) is 5.21. The molecule has 1 heterocycles. The van der Waals surface area contributed by atoms with E-state index in [1.807, 2.05) is 30.3 Å². The Kier molecular flexibility index (Phi) is 10.00. The smallest absolute Gasteiger partial charge is 0.333 e. The Labute approximate surface area is 215 Å². The second-order valence-corrected chi connectivity index (χ2v) is 9.53. The number of ether oxygens (including phenoxy) is 3. The number of aliphatic carboxylic acids is 1. The quantitative estimate of drug-likeness (QED) is 0.210. The standard InChI is InChI=1S/C27H36O10/c1-3-17-19(14-22(29)30)18(25(33)35-2)11-12-20(17)36-26-27(34,24(32)23(31)21(15-28)37-26)13-7-10-16-8-5-4-6-9-16/h3-6,8-9,11,17,19-21,23-24,26,28,31-32,34H,1,7,10,12-15H2,2H3,(H,29,30)/t17-,19+,20-,21-,23-,24+,26-,27-/m1/s1. The number of aliphatic hydroxyl groups excluding tert-OH is 3. The average Bonchev–Trinajstić information content (AvgIpc) is 2.89. The predicted molar refractivity (Wildman–Crippen MR) is 131 cm³/mol. The number of rotatable bonds is 11. The molecule has 0 radical (unpaired) electrons. The van der Waals surface area contributed by atoms with Gasteiger partial charge in [-0.3, -0.25) is 4.79 Å². The molecule has 10 heteroatoms. The van der Waals surface area contributed by atoms with Gasteiger partial charge in [0.25, 0.3) is 0 Å². The minimum absolute atomic E-state index is 0.0101. The van der Waals surface area contributed by atoms with Gasteiger partial charge in [-0.05, 0) is 31.2 Å². The van der Waals surface area contributed by atoms with Gasteiger partial charge in [0.1, 0.15) is 23.9 Å². The van der Waals surface area contributed by atoms with Crippen LogP contribution in [0.25, 0.3) is 0 Å². The number of esters is 1. The Morgan fingerprint density at radius 1 is 1.24 bits per heavy atom. The zero-order valence-corrected chi connectivity index (χ0v) is 20.8. The van der Waals surface area contributed by atoms with Crippen molar-refractivity contribution >= 4 is 11.9 Å². The molecule has 10 nitrogen and oxygen atoms in total. The molecular formula is C27H36O10. The second-order valence-electron chi connectivity index (χ2n) is 9.53. The van der Waals surface area contributed by atoms with Gasteiger partial charge in [-0.15, -0.1) is 6.58 Å². The Hall–Kier alpha value is -2.60. The SMILES string of the molecule is C=C[C@@H]1[C@H](CC(=O)O)C(C(=O)OC)=CC[C@H]1O[C@@H]1O[C@H](CO)[C@@H](O)[C@H](O)[C@]1(O)CCCc1ccccc1. The largest absolute Gasteiger partial charge is 0.481 e. The van der Waals surface area contributed by atoms with E-state index in [4.69, 9.17) is 14.2 Å². The lowest BCUT2D eigenvalue weighted by molar-refractivity contribution is -0.354. The highest BCUT2D eigenvalue weighted by atomic mass is 16.7. The second kappa shape index (κ2) is 12.8. The van der Waals surface area contributed by atoms with Crippen LogP contribution in [0.2, 0.25) is 0 Å². The summed E-state index contributed by atoms with van der Waals surface area (Å²) in [7, 11) is 1.21. The van der Waals surface area contributed by atoms with E-state index >= 15 is 0 Å². The van der Waals surface area contributed by atoms with Crippen molar-refractivity contribution in [3.63, 3.8) is 0 Å². The highest BCUT2D eigenvalue weighted by Crippen LogP contribution is 2.41. The summed E-state index contributed by atoms with van der Waals surface area (Å²) < 4.78 is 16.7. The van der Waals surface area contributed by atoms with E-state index in [1.165, 1.54) is 19.3 Å². The minimum Gasteiger partial charge on any atom is -0.481 e. The highest BCUT2D eigenvalue weighted by molar-refractivity contribution is 5.90. The normalized spacial score (nSPS) is 33.9. The maximum absolute atomic E-state index is 12.3. The fourth-order valence-corrected chi connectivity index (χ4v) is 5.21. The molecule has 204 valence electrons. The molecule has 1 fully saturated rings. The number of hydrogen-bond donors (Lipinski definition) is 5. The molecule has 37 heavy (non-hydrogen) atoms. The van der Waals surface area contributed by atoms with Crippen molar-refractivity contribution in [2.75, 3.05) is 13.7 Å². The summed E-state index contributed by atoms with van der Waals surface area (Å²) in [5.74, 6) is -3.25. The third kappa shape index (κ3) is 6.46. The Balaban J connectivity index is 1.86. The first kappa shape index (κ1) is 29.0. The number of carboxylic acids is 1. The summed E-state index contributed by atoms with van der Waals surface area (Å²) in [6.07, 6.45) is -2.85. The summed E-state index contributed by atoms with van der Waals surface area (Å²) in [6, 6.07) is 9.56. The molecule has 0 spiro atoms. The average molecular weight is 521 g/mol. The molecule has 0 saturated carbocycles. The number of aryl methyl sites for hydroxylation is 1. The lowest BCUT2D eigenvalue weighted by Crippen LogP contribution is -2.67. The lowest BCUT2D eigenvalue weighted by Gasteiger charge is -2.49. The molecule has 2 aliphatic rings. The number of carbonyl (C=O) groups is 2. The fraction of sp³-hybridized carbons (Fsp3) is 0.556. The summed E-state index contributed by atoms with van der Waals surface area (Å²) in [5, 5.41) is 52.1. The van der Waals surface area contributed by atoms with Gasteiger partial charge in [0.05, 0.1) is 26.2 Å². The predicted octanol–water partition coefficient (Wildman–Crippen LogP) is 0.961. The molecule has 1 aromatic rings. The van der Waals surface area contributed by atoms with Crippen LogP contribution >= 0.6 is 0 Å². The van der Waals surface area contributed by atoms with E-state index < -0.39 is 66.7 Å². The molecule has 0 unspecified atom stereocenters. The van der Waals surface area contributed by atoms with Crippen LogP contribution < -0.4 is 0 Å². The molecule has 1 aliphatic carbocycles. The van der Waals surface area contributed by atoms with Crippen molar-refractivity contribution in [3.05, 3.63) is 60.2 Å². The van der Waals surface area contributed by atoms with E-state index in [9.17, 15) is 35.1 Å². The number of hydrogen-bond acceptors (Lipinski definition) is 9. The van der Waals surface area contributed by atoms with Gasteiger partial charge in [0, 0.05) is 17.4 Å². The number of aliphatic hydroxyl groups is 4. The third-order valence-electron chi connectivity index (χ3n) is 7.24. The monoisotopic (exact) mass is 520 g/mol. The van der Waals surface area contributed by atoms with Crippen molar-refractivity contribution < 1.29 is 49.3 Å². The van der Waals surface area contributed by atoms with Gasteiger partial charge < -0.3 is 39.7 Å². The molecule has 1 aliphatic heterocycles. The Bertz CT molecular complexity index is 963. The van der Waals surface area contributed by atoms with Crippen molar-refractivity contribution in [2.45, 2.75) is 68.4 Å². The van der Waals surface area contributed by atoms with E-state index in [0.29, 0.717) is 12.8 Å². The van der Waals surface area contributed by atoms with Gasteiger partial charge in [-0.25, -0.2) is 4.79 Å². The van der Waals surface area contributed by atoms with Gasteiger partial charge in [-0.2, -0.15) is 0 Å². The number of carbonyl (C=O) groups excluding carboxylic acids is 1. The first-order valence-electron chi connectivity index (χ1n) is 12.3. The van der Waals surface area contributed by atoms with Crippen LogP contribution in [0.3, 0.4) is 0 Å². The van der Waals surface area contributed by atoms with Crippen molar-refractivity contribution in [3.8, 4) is 0 Å². The van der Waals surface area contributed by atoms with Crippen LogP contribution in [-0.2, 0) is 30.2 Å². The molecule has 8 atom stereocenters. The summed E-state index contributed by atoms with van der Waals surface area (Å²) in [6.45, 7) is 3.17. The zero-order valence-electron chi connectivity index (χ0n) is 20.8. The van der Waals surface area contributed by atoms with Gasteiger partial charge in [0.15, 0.2) is 6.29 Å². The van der Waals surface area contributed by atoms with Gasteiger partial charge in [0.2, 0.25) is 0 Å². The van der Waals surface area contributed by atoms with Crippen molar-refractivity contribution in [1.29, 1.82) is 0 Å². The Morgan fingerprint density at radius 2 is 1.95 bits per heavy atom. The summed E-state index contributed by atoms with van der Waals surface area (Å²) in [5.41, 5.74) is -0.805. The number of carboxylic acid groups (broad SMARTS) is 1. The summed E-state index contributed by atoms with van der Waals surface area (Å²) >= 11 is 0. The van der Waals surface area contributed by atoms with Crippen LogP contribution in [0.1, 0.15) is 31.2 Å². The molecule has 0 bridgehead atoms. The minimum atomic E-state index is -2.03. The molecule has 0 amide bonds. The highest BCUT2D eigenvalue weighted by Gasteiger charge is 2.56. The molecular weight excluding hydrogens is 484 g/mol. The van der Waals surface area contributed by atoms with E-state index in [2.05, 4.69) is 6.58 Å². The first-order chi connectivity index (χ1) is 17.7.